The van der Waals surface area contributed by atoms with E-state index in [1.54, 1.807) is 6.92 Å². The van der Waals surface area contributed by atoms with Gasteiger partial charge in [0, 0.05) is 47.6 Å². The number of fused-ring (bicyclic) bond motifs is 2. The maximum Gasteiger partial charge on any atom is 0.221 e. The van der Waals surface area contributed by atoms with Crippen molar-refractivity contribution in [3.63, 3.8) is 0 Å². The van der Waals surface area contributed by atoms with Crippen LogP contribution in [-0.2, 0) is 11.2 Å². The first-order chi connectivity index (χ1) is 11.6. The van der Waals surface area contributed by atoms with E-state index in [-0.39, 0.29) is 5.91 Å². The minimum atomic E-state index is -0.0111. The van der Waals surface area contributed by atoms with Gasteiger partial charge in [0.2, 0.25) is 5.91 Å². The van der Waals surface area contributed by atoms with E-state index < -0.39 is 0 Å². The second-order valence-electron chi connectivity index (χ2n) is 6.74. The molecule has 2 aromatic rings. The first-order valence-corrected chi connectivity index (χ1v) is 9.38. The summed E-state index contributed by atoms with van der Waals surface area (Å²) in [5.41, 5.74) is 6.08. The Morgan fingerprint density at radius 3 is 2.67 bits per heavy atom. The number of nitrogens with zero attached hydrogens (tertiary/aromatic N) is 1. The number of aryl methyl sites for hydroxylation is 1. The van der Waals surface area contributed by atoms with Gasteiger partial charge in [-0.15, -0.1) is 0 Å². The van der Waals surface area contributed by atoms with Crippen molar-refractivity contribution >= 4 is 29.0 Å². The zero-order chi connectivity index (χ0) is 16.7. The van der Waals surface area contributed by atoms with Gasteiger partial charge >= 0.3 is 0 Å². The fourth-order valence-corrected chi connectivity index (χ4v) is 4.86. The molecule has 0 radical (unpaired) electrons. The second kappa shape index (κ2) is 6.17. The summed E-state index contributed by atoms with van der Waals surface area (Å²) in [6.07, 6.45) is 3.48. The molecular formula is C20H22N2OS. The van der Waals surface area contributed by atoms with Crippen LogP contribution in [-0.4, -0.2) is 19.0 Å². The summed E-state index contributed by atoms with van der Waals surface area (Å²) in [5.74, 6) is -0.0111. The lowest BCUT2D eigenvalue weighted by Crippen LogP contribution is -2.18. The highest BCUT2D eigenvalue weighted by atomic mass is 32.2. The average molecular weight is 338 g/mol. The summed E-state index contributed by atoms with van der Waals surface area (Å²) in [7, 11) is 0. The molecular weight excluding hydrogens is 316 g/mol. The second-order valence-corrected chi connectivity index (χ2v) is 7.82. The highest BCUT2D eigenvalue weighted by molar-refractivity contribution is 7.99. The zero-order valence-corrected chi connectivity index (χ0v) is 15.0. The number of carbonyl (C=O) groups is 1. The Balaban J connectivity index is 1.70. The number of benzene rings is 2. The molecule has 0 spiro atoms. The smallest absolute Gasteiger partial charge is 0.221 e. The van der Waals surface area contributed by atoms with Crippen molar-refractivity contribution in [1.29, 1.82) is 0 Å². The summed E-state index contributed by atoms with van der Waals surface area (Å²) >= 11 is 1.83. The van der Waals surface area contributed by atoms with Crippen LogP contribution >= 0.6 is 11.8 Å². The van der Waals surface area contributed by atoms with Crippen LogP contribution in [0.5, 0.6) is 0 Å². The quantitative estimate of drug-likeness (QED) is 0.740. The third kappa shape index (κ3) is 2.91. The fourth-order valence-electron chi connectivity index (χ4n) is 3.62. The third-order valence-corrected chi connectivity index (χ3v) is 5.96. The molecule has 24 heavy (non-hydrogen) atoms. The Labute approximate surface area is 147 Å². The zero-order valence-electron chi connectivity index (χ0n) is 14.2. The topological polar surface area (TPSA) is 32.3 Å². The molecule has 4 rings (SSSR count). The highest BCUT2D eigenvalue weighted by Crippen LogP contribution is 2.44. The highest BCUT2D eigenvalue weighted by Gasteiger charge is 2.22. The Bertz CT molecular complexity index is 810. The molecule has 1 fully saturated rings. The molecule has 2 aliphatic rings. The van der Waals surface area contributed by atoms with Gasteiger partial charge in [-0.1, -0.05) is 17.8 Å². The number of amides is 1. The molecule has 3 nitrogen and oxygen atoms in total. The van der Waals surface area contributed by atoms with Crippen molar-refractivity contribution < 1.29 is 4.79 Å². The van der Waals surface area contributed by atoms with Gasteiger partial charge in [0.15, 0.2) is 0 Å². The SMILES string of the molecule is CC(=O)Nc1cc(C)cc2c1Cc1ccc(N3CCCC3)cc1S2. The van der Waals surface area contributed by atoms with Gasteiger partial charge in [-0.3, -0.25) is 4.79 Å². The minimum Gasteiger partial charge on any atom is -0.372 e. The molecule has 0 atom stereocenters. The van der Waals surface area contributed by atoms with Gasteiger partial charge in [0.25, 0.3) is 0 Å². The van der Waals surface area contributed by atoms with E-state index >= 15 is 0 Å². The molecule has 1 N–H and O–H groups in total. The first kappa shape index (κ1) is 15.6. The minimum absolute atomic E-state index is 0.0111. The molecule has 0 aromatic heterocycles. The van der Waals surface area contributed by atoms with Crippen molar-refractivity contribution in [1.82, 2.24) is 0 Å². The molecule has 124 valence electrons. The third-order valence-electron chi connectivity index (χ3n) is 4.77. The van der Waals surface area contributed by atoms with E-state index in [4.69, 9.17) is 0 Å². The Morgan fingerprint density at radius 2 is 1.92 bits per heavy atom. The summed E-state index contributed by atoms with van der Waals surface area (Å²) < 4.78 is 0. The van der Waals surface area contributed by atoms with E-state index in [2.05, 4.69) is 47.5 Å². The molecule has 2 aromatic carbocycles. The lowest BCUT2D eigenvalue weighted by molar-refractivity contribution is -0.114. The lowest BCUT2D eigenvalue weighted by Gasteiger charge is -2.25. The molecule has 2 heterocycles. The Hall–Kier alpha value is -1.94. The average Bonchev–Trinajstić information content (AvgIpc) is 3.06. The van der Waals surface area contributed by atoms with Gasteiger partial charge in [-0.2, -0.15) is 0 Å². The number of rotatable bonds is 2. The molecule has 1 amide bonds. The van der Waals surface area contributed by atoms with Crippen LogP contribution in [0, 0.1) is 6.92 Å². The van der Waals surface area contributed by atoms with Gasteiger partial charge in [0.05, 0.1) is 0 Å². The predicted octanol–water partition coefficient (Wildman–Crippen LogP) is 4.61. The van der Waals surface area contributed by atoms with Crippen molar-refractivity contribution in [2.75, 3.05) is 23.3 Å². The number of anilines is 2. The largest absolute Gasteiger partial charge is 0.372 e. The van der Waals surface area contributed by atoms with E-state index in [9.17, 15) is 4.79 Å². The summed E-state index contributed by atoms with van der Waals surface area (Å²) in [4.78, 5) is 16.6. The van der Waals surface area contributed by atoms with Crippen LogP contribution in [0.2, 0.25) is 0 Å². The summed E-state index contributed by atoms with van der Waals surface area (Å²) in [5, 5.41) is 3.00. The van der Waals surface area contributed by atoms with Crippen LogP contribution in [0.25, 0.3) is 0 Å². The number of carbonyl (C=O) groups excluding carboxylic acids is 1. The number of hydrogen-bond donors (Lipinski definition) is 1. The van der Waals surface area contributed by atoms with E-state index in [0.29, 0.717) is 0 Å². The molecule has 4 heteroatoms. The van der Waals surface area contributed by atoms with Crippen molar-refractivity contribution in [2.24, 2.45) is 0 Å². The predicted molar refractivity (Wildman–Crippen MR) is 100 cm³/mol. The maximum atomic E-state index is 11.5. The van der Waals surface area contributed by atoms with E-state index in [1.165, 1.54) is 58.1 Å². The molecule has 0 bridgehead atoms. The maximum absolute atomic E-state index is 11.5. The van der Waals surface area contributed by atoms with Gasteiger partial charge < -0.3 is 10.2 Å². The Kier molecular flexibility index (Phi) is 4.01. The van der Waals surface area contributed by atoms with Crippen molar-refractivity contribution in [3.05, 3.63) is 47.0 Å². The molecule has 0 saturated carbocycles. The lowest BCUT2D eigenvalue weighted by atomic mass is 10.00. The molecule has 0 unspecified atom stereocenters. The van der Waals surface area contributed by atoms with Crippen LogP contribution in [0.3, 0.4) is 0 Å². The number of hydrogen-bond acceptors (Lipinski definition) is 3. The van der Waals surface area contributed by atoms with Crippen LogP contribution in [0.15, 0.2) is 40.1 Å². The van der Waals surface area contributed by atoms with Crippen LogP contribution < -0.4 is 10.2 Å². The summed E-state index contributed by atoms with van der Waals surface area (Å²) in [6.45, 7) is 6.00. The monoisotopic (exact) mass is 338 g/mol. The van der Waals surface area contributed by atoms with E-state index in [0.717, 1.165) is 12.1 Å². The van der Waals surface area contributed by atoms with Crippen LogP contribution in [0.4, 0.5) is 11.4 Å². The number of nitrogens with one attached hydrogen (secondary N) is 1. The Morgan fingerprint density at radius 1 is 1.12 bits per heavy atom. The first-order valence-electron chi connectivity index (χ1n) is 8.57. The van der Waals surface area contributed by atoms with E-state index in [1.807, 2.05) is 11.8 Å². The fraction of sp³-hybridized carbons (Fsp3) is 0.350. The van der Waals surface area contributed by atoms with Gasteiger partial charge in [0.1, 0.15) is 0 Å². The molecule has 0 aliphatic carbocycles. The standard InChI is InChI=1S/C20H22N2OS/c1-13-9-18(21-14(2)23)17-11-15-5-6-16(22-7-3-4-8-22)12-19(15)24-20(17)10-13/h5-6,9-10,12H,3-4,7-8,11H2,1-2H3,(H,21,23). The van der Waals surface area contributed by atoms with Crippen molar-refractivity contribution in [2.45, 2.75) is 42.9 Å². The van der Waals surface area contributed by atoms with Crippen LogP contribution in [0.1, 0.15) is 36.5 Å². The molecule has 1 saturated heterocycles. The molecule has 2 aliphatic heterocycles. The summed E-state index contributed by atoms with van der Waals surface area (Å²) in [6, 6.07) is 11.2. The van der Waals surface area contributed by atoms with Gasteiger partial charge in [-0.05, 0) is 60.7 Å². The van der Waals surface area contributed by atoms with Gasteiger partial charge in [-0.25, -0.2) is 0 Å². The normalized spacial score (nSPS) is 15.8. The van der Waals surface area contributed by atoms with Crippen molar-refractivity contribution in [3.8, 4) is 0 Å².